The molecule has 33 heavy (non-hydrogen) atoms. The summed E-state index contributed by atoms with van der Waals surface area (Å²) in [5.74, 6) is -1.12. The van der Waals surface area contributed by atoms with Gasteiger partial charge in [-0.3, -0.25) is 4.79 Å². The average Bonchev–Trinajstić information content (AvgIpc) is 2.82. The number of rotatable bonds is 10. The number of carboxylic acids is 1. The van der Waals surface area contributed by atoms with Crippen LogP contribution in [-0.4, -0.2) is 42.3 Å². The van der Waals surface area contributed by atoms with Crippen LogP contribution in [0.5, 0.6) is 5.75 Å². The molecule has 0 bridgehead atoms. The zero-order valence-corrected chi connectivity index (χ0v) is 18.0. The summed E-state index contributed by atoms with van der Waals surface area (Å²) in [7, 11) is 1.61. The number of pyridine rings is 1. The topological polar surface area (TPSA) is 97.8 Å². The number of ether oxygens (including phenoxy) is 2. The normalized spacial score (nSPS) is 10.8. The summed E-state index contributed by atoms with van der Waals surface area (Å²) in [5, 5.41) is 11.6. The van der Waals surface area contributed by atoms with Crippen LogP contribution in [0.1, 0.15) is 38.3 Å². The summed E-state index contributed by atoms with van der Waals surface area (Å²) in [6.07, 6.45) is 5.46. The van der Waals surface area contributed by atoms with E-state index in [0.717, 1.165) is 5.56 Å². The zero-order chi connectivity index (χ0) is 23.6. The van der Waals surface area contributed by atoms with Gasteiger partial charge in [0.2, 0.25) is 0 Å². The first-order valence-corrected chi connectivity index (χ1v) is 10.2. The fourth-order valence-electron chi connectivity index (χ4n) is 2.88. The predicted molar refractivity (Wildman–Crippen MR) is 123 cm³/mol. The molecule has 0 spiro atoms. The Hall–Kier alpha value is -4.04. The lowest BCUT2D eigenvalue weighted by molar-refractivity contribution is 0.0696. The number of anilines is 1. The molecule has 1 aromatic heterocycles. The van der Waals surface area contributed by atoms with E-state index >= 15 is 0 Å². The highest BCUT2D eigenvalue weighted by molar-refractivity contribution is 6.04. The number of halogens is 1. The minimum atomic E-state index is -1.10. The average molecular weight is 450 g/mol. The van der Waals surface area contributed by atoms with E-state index in [1.807, 2.05) is 0 Å². The van der Waals surface area contributed by atoms with Crippen LogP contribution in [0.2, 0.25) is 0 Å². The van der Waals surface area contributed by atoms with Crippen molar-refractivity contribution in [2.45, 2.75) is 6.42 Å². The van der Waals surface area contributed by atoms with Crippen LogP contribution >= 0.6 is 0 Å². The van der Waals surface area contributed by atoms with Gasteiger partial charge in [0.1, 0.15) is 17.4 Å². The Kier molecular flexibility index (Phi) is 8.26. The first-order chi connectivity index (χ1) is 15.9. The van der Waals surface area contributed by atoms with E-state index in [1.54, 1.807) is 49.6 Å². The fourth-order valence-corrected chi connectivity index (χ4v) is 2.88. The third-order valence-corrected chi connectivity index (χ3v) is 4.54. The number of carbonyl (C=O) groups is 2. The molecule has 2 aromatic carbocycles. The molecule has 170 valence electrons. The molecule has 8 heteroatoms. The van der Waals surface area contributed by atoms with Crippen molar-refractivity contribution in [3.05, 3.63) is 88.9 Å². The van der Waals surface area contributed by atoms with E-state index in [0.29, 0.717) is 36.5 Å². The van der Waals surface area contributed by atoms with Crippen molar-refractivity contribution in [2.75, 3.05) is 25.6 Å². The standard InChI is InChI=1S/C25H23FN2O5/c1-32-11-2-12-33-22-14-18(4-3-17-5-8-21(26)9-6-17)13-20(15-22)24(29)28-23-10-7-19(16-27-23)25(30)31/h3-10,13-16H,2,11-12H2,1H3,(H,30,31)(H,27,28,29)/b4-3+. The van der Waals surface area contributed by atoms with Gasteiger partial charge in [0, 0.05) is 31.9 Å². The second-order valence-electron chi connectivity index (χ2n) is 7.06. The van der Waals surface area contributed by atoms with E-state index < -0.39 is 11.9 Å². The molecule has 0 aliphatic rings. The number of hydrogen-bond donors (Lipinski definition) is 2. The molecule has 0 saturated heterocycles. The summed E-state index contributed by atoms with van der Waals surface area (Å²) < 4.78 is 23.9. The second-order valence-corrected chi connectivity index (χ2v) is 7.06. The third kappa shape index (κ3) is 7.26. The van der Waals surface area contributed by atoms with Crippen LogP contribution in [0.25, 0.3) is 12.2 Å². The summed E-state index contributed by atoms with van der Waals surface area (Å²) in [4.78, 5) is 27.7. The molecule has 3 rings (SSSR count). The number of aromatic nitrogens is 1. The molecule has 1 heterocycles. The SMILES string of the molecule is COCCCOc1cc(/C=C/c2ccc(F)cc2)cc(C(=O)Nc2ccc(C(=O)O)cn2)c1. The number of methoxy groups -OCH3 is 1. The number of nitrogens with zero attached hydrogens (tertiary/aromatic N) is 1. The molecular formula is C25H23FN2O5. The van der Waals surface area contributed by atoms with Gasteiger partial charge in [-0.1, -0.05) is 24.3 Å². The van der Waals surface area contributed by atoms with Crippen LogP contribution in [0.4, 0.5) is 10.2 Å². The van der Waals surface area contributed by atoms with E-state index in [4.69, 9.17) is 14.6 Å². The molecule has 7 nitrogen and oxygen atoms in total. The maximum Gasteiger partial charge on any atom is 0.337 e. The summed E-state index contributed by atoms with van der Waals surface area (Å²) in [6.45, 7) is 0.966. The lowest BCUT2D eigenvalue weighted by Crippen LogP contribution is -2.14. The van der Waals surface area contributed by atoms with Gasteiger partial charge in [0.25, 0.3) is 5.91 Å². The van der Waals surface area contributed by atoms with E-state index in [1.165, 1.54) is 30.5 Å². The molecule has 0 saturated carbocycles. The second kappa shape index (κ2) is 11.5. The predicted octanol–water partition coefficient (Wildman–Crippen LogP) is 4.76. The Bertz CT molecular complexity index is 1130. The largest absolute Gasteiger partial charge is 0.493 e. The number of hydrogen-bond acceptors (Lipinski definition) is 5. The number of benzene rings is 2. The third-order valence-electron chi connectivity index (χ3n) is 4.54. The van der Waals surface area contributed by atoms with Crippen LogP contribution in [0.15, 0.2) is 60.8 Å². The highest BCUT2D eigenvalue weighted by Crippen LogP contribution is 2.21. The lowest BCUT2D eigenvalue weighted by Gasteiger charge is -2.10. The minimum Gasteiger partial charge on any atom is -0.493 e. The first-order valence-electron chi connectivity index (χ1n) is 10.2. The number of carboxylic acid groups (broad SMARTS) is 1. The molecule has 0 aliphatic heterocycles. The fraction of sp³-hybridized carbons (Fsp3) is 0.160. The van der Waals surface area contributed by atoms with Crippen LogP contribution in [0, 0.1) is 5.82 Å². The van der Waals surface area contributed by atoms with Gasteiger partial charge >= 0.3 is 5.97 Å². The molecule has 3 aromatic rings. The minimum absolute atomic E-state index is 0.0210. The summed E-state index contributed by atoms with van der Waals surface area (Å²) >= 11 is 0. The molecular weight excluding hydrogens is 427 g/mol. The Morgan fingerprint density at radius 1 is 1.00 bits per heavy atom. The smallest absolute Gasteiger partial charge is 0.337 e. The van der Waals surface area contributed by atoms with Crippen molar-refractivity contribution < 1.29 is 28.6 Å². The van der Waals surface area contributed by atoms with Gasteiger partial charge in [-0.25, -0.2) is 14.2 Å². The number of aromatic carboxylic acids is 1. The molecule has 0 atom stereocenters. The highest BCUT2D eigenvalue weighted by atomic mass is 19.1. The molecule has 0 fully saturated rings. The van der Waals surface area contributed by atoms with Crippen molar-refractivity contribution in [2.24, 2.45) is 0 Å². The molecule has 1 amide bonds. The van der Waals surface area contributed by atoms with Crippen molar-refractivity contribution in [3.63, 3.8) is 0 Å². The number of nitrogens with one attached hydrogen (secondary N) is 1. The van der Waals surface area contributed by atoms with Crippen molar-refractivity contribution in [1.29, 1.82) is 0 Å². The Morgan fingerprint density at radius 2 is 1.76 bits per heavy atom. The molecule has 0 unspecified atom stereocenters. The Balaban J connectivity index is 1.81. The van der Waals surface area contributed by atoms with Gasteiger partial charge in [-0.15, -0.1) is 0 Å². The van der Waals surface area contributed by atoms with E-state index in [-0.39, 0.29) is 17.2 Å². The molecule has 0 radical (unpaired) electrons. The lowest BCUT2D eigenvalue weighted by atomic mass is 10.1. The van der Waals surface area contributed by atoms with E-state index in [9.17, 15) is 14.0 Å². The highest BCUT2D eigenvalue weighted by Gasteiger charge is 2.11. The van der Waals surface area contributed by atoms with Crippen molar-refractivity contribution in [1.82, 2.24) is 4.98 Å². The van der Waals surface area contributed by atoms with Gasteiger partial charge < -0.3 is 19.9 Å². The quantitative estimate of drug-likeness (QED) is 0.342. The maximum atomic E-state index is 13.1. The zero-order valence-electron chi connectivity index (χ0n) is 18.0. The Labute approximate surface area is 190 Å². The van der Waals surface area contributed by atoms with Crippen molar-refractivity contribution in [3.8, 4) is 5.75 Å². The molecule has 2 N–H and O–H groups in total. The van der Waals surface area contributed by atoms with Gasteiger partial charge in [0.15, 0.2) is 0 Å². The van der Waals surface area contributed by atoms with Crippen LogP contribution in [-0.2, 0) is 4.74 Å². The summed E-state index contributed by atoms with van der Waals surface area (Å²) in [6, 6.07) is 13.9. The van der Waals surface area contributed by atoms with Crippen LogP contribution in [0.3, 0.4) is 0 Å². The number of carbonyl (C=O) groups excluding carboxylic acids is 1. The van der Waals surface area contributed by atoms with Gasteiger partial charge in [-0.2, -0.15) is 0 Å². The number of amides is 1. The molecule has 0 aliphatic carbocycles. The first kappa shape index (κ1) is 23.6. The van der Waals surface area contributed by atoms with Crippen molar-refractivity contribution >= 4 is 29.8 Å². The van der Waals surface area contributed by atoms with Crippen LogP contribution < -0.4 is 10.1 Å². The van der Waals surface area contributed by atoms with Gasteiger partial charge in [-0.05, 0) is 53.6 Å². The summed E-state index contributed by atoms with van der Waals surface area (Å²) in [5.41, 5.74) is 1.87. The Morgan fingerprint density at radius 3 is 2.42 bits per heavy atom. The van der Waals surface area contributed by atoms with E-state index in [2.05, 4.69) is 10.3 Å². The maximum absolute atomic E-state index is 13.1. The van der Waals surface area contributed by atoms with Gasteiger partial charge in [0.05, 0.1) is 12.2 Å². The monoisotopic (exact) mass is 450 g/mol.